The summed E-state index contributed by atoms with van der Waals surface area (Å²) in [5.74, 6) is -0.326. The number of nitro benzene ring substituents is 1. The van der Waals surface area contributed by atoms with E-state index in [1.807, 2.05) is 6.92 Å². The quantitative estimate of drug-likeness (QED) is 0.517. The van der Waals surface area contributed by atoms with Crippen molar-refractivity contribution in [1.82, 2.24) is 5.32 Å². The van der Waals surface area contributed by atoms with Crippen molar-refractivity contribution in [3.8, 4) is 0 Å². The molecule has 0 radical (unpaired) electrons. The number of carbonyl (C=O) groups excluding carboxylic acids is 1. The second-order valence-electron chi connectivity index (χ2n) is 4.40. The topological polar surface area (TPSA) is 110 Å². The molecule has 1 aromatic carbocycles. The summed E-state index contributed by atoms with van der Waals surface area (Å²) in [5, 5.41) is 16.6. The molecule has 1 amide bonds. The Labute approximate surface area is 117 Å². The molecule has 0 aliphatic carbocycles. The Morgan fingerprint density at radius 3 is 2.70 bits per heavy atom. The van der Waals surface area contributed by atoms with E-state index in [0.29, 0.717) is 18.8 Å². The Morgan fingerprint density at radius 2 is 2.15 bits per heavy atom. The maximum Gasteiger partial charge on any atom is 0.293 e. The number of hydrogen-bond acceptors (Lipinski definition) is 5. The number of nitrogens with two attached hydrogens (primary N) is 1. The molecule has 110 valence electrons. The van der Waals surface area contributed by atoms with Gasteiger partial charge in [-0.25, -0.2) is 0 Å². The maximum absolute atomic E-state index is 11.7. The highest BCUT2D eigenvalue weighted by Crippen LogP contribution is 2.25. The summed E-state index contributed by atoms with van der Waals surface area (Å²) >= 11 is 0. The van der Waals surface area contributed by atoms with Gasteiger partial charge in [-0.05, 0) is 25.5 Å². The van der Waals surface area contributed by atoms with E-state index in [1.165, 1.54) is 12.1 Å². The first-order valence-corrected chi connectivity index (χ1v) is 6.55. The molecule has 0 spiro atoms. The monoisotopic (exact) mass is 280 g/mol. The number of rotatable bonds is 7. The average molecular weight is 280 g/mol. The van der Waals surface area contributed by atoms with Gasteiger partial charge in [0.15, 0.2) is 0 Å². The fourth-order valence-electron chi connectivity index (χ4n) is 1.62. The van der Waals surface area contributed by atoms with Crippen LogP contribution in [-0.2, 0) is 0 Å². The lowest BCUT2D eigenvalue weighted by Crippen LogP contribution is -2.28. The van der Waals surface area contributed by atoms with E-state index in [-0.39, 0.29) is 23.2 Å². The first kappa shape index (κ1) is 15.9. The highest BCUT2D eigenvalue weighted by molar-refractivity contribution is 5.95. The van der Waals surface area contributed by atoms with Gasteiger partial charge in [-0.2, -0.15) is 0 Å². The zero-order valence-electron chi connectivity index (χ0n) is 11.7. The highest BCUT2D eigenvalue weighted by Gasteiger charge is 2.17. The van der Waals surface area contributed by atoms with Crippen LogP contribution < -0.4 is 16.4 Å². The van der Waals surface area contributed by atoms with Gasteiger partial charge >= 0.3 is 0 Å². The summed E-state index contributed by atoms with van der Waals surface area (Å²) < 4.78 is 0. The number of amides is 1. The number of carbonyl (C=O) groups is 1. The lowest BCUT2D eigenvalue weighted by atomic mass is 10.1. The summed E-state index contributed by atoms with van der Waals surface area (Å²) in [4.78, 5) is 22.2. The zero-order valence-corrected chi connectivity index (χ0v) is 11.7. The summed E-state index contributed by atoms with van der Waals surface area (Å²) in [6, 6.07) is 4.28. The molecule has 1 rings (SSSR count). The maximum atomic E-state index is 11.7. The van der Waals surface area contributed by atoms with Gasteiger partial charge in [-0.3, -0.25) is 14.9 Å². The van der Waals surface area contributed by atoms with Gasteiger partial charge in [0.25, 0.3) is 11.6 Å². The summed E-state index contributed by atoms with van der Waals surface area (Å²) in [6.45, 7) is 4.64. The molecule has 0 saturated heterocycles. The van der Waals surface area contributed by atoms with Gasteiger partial charge in [0.1, 0.15) is 5.69 Å². The van der Waals surface area contributed by atoms with Crippen LogP contribution in [0.2, 0.25) is 0 Å². The van der Waals surface area contributed by atoms with Crippen molar-refractivity contribution in [2.75, 3.05) is 18.4 Å². The van der Waals surface area contributed by atoms with E-state index < -0.39 is 4.92 Å². The first-order chi connectivity index (χ1) is 9.49. The van der Waals surface area contributed by atoms with Crippen molar-refractivity contribution >= 4 is 17.3 Å². The summed E-state index contributed by atoms with van der Waals surface area (Å²) in [7, 11) is 0. The van der Waals surface area contributed by atoms with E-state index in [4.69, 9.17) is 5.73 Å². The second kappa shape index (κ2) is 7.44. The molecule has 0 saturated carbocycles. The van der Waals surface area contributed by atoms with E-state index in [0.717, 1.165) is 6.42 Å². The molecule has 0 heterocycles. The number of nitrogens with zero attached hydrogens (tertiary/aromatic N) is 1. The van der Waals surface area contributed by atoms with Gasteiger partial charge in [-0.1, -0.05) is 6.92 Å². The second-order valence-corrected chi connectivity index (χ2v) is 4.40. The molecule has 0 aliphatic rings. The normalized spacial score (nSPS) is 11.8. The Hall–Kier alpha value is -2.15. The number of anilines is 1. The van der Waals surface area contributed by atoms with Crippen LogP contribution in [0.15, 0.2) is 18.2 Å². The first-order valence-electron chi connectivity index (χ1n) is 6.55. The van der Waals surface area contributed by atoms with Crippen molar-refractivity contribution < 1.29 is 9.72 Å². The zero-order chi connectivity index (χ0) is 15.1. The fourth-order valence-corrected chi connectivity index (χ4v) is 1.62. The Kier molecular flexibility index (Phi) is 5.92. The van der Waals surface area contributed by atoms with Crippen LogP contribution in [0.3, 0.4) is 0 Å². The molecule has 0 aromatic heterocycles. The van der Waals surface area contributed by atoms with Crippen LogP contribution >= 0.6 is 0 Å². The number of nitrogens with one attached hydrogen (secondary N) is 2. The van der Waals surface area contributed by atoms with E-state index in [9.17, 15) is 14.9 Å². The smallest absolute Gasteiger partial charge is 0.293 e. The average Bonchev–Trinajstić information content (AvgIpc) is 2.44. The molecule has 20 heavy (non-hydrogen) atoms. The molecule has 0 bridgehead atoms. The Bertz CT molecular complexity index is 491. The molecule has 0 fully saturated rings. The van der Waals surface area contributed by atoms with Crippen LogP contribution in [0, 0.1) is 10.1 Å². The third-order valence-electron chi connectivity index (χ3n) is 2.87. The Balaban J connectivity index is 2.96. The minimum Gasteiger partial charge on any atom is -0.378 e. The fraction of sp³-hybridized carbons (Fsp3) is 0.462. The van der Waals surface area contributed by atoms with E-state index in [1.54, 1.807) is 13.0 Å². The number of nitro groups is 1. The predicted octanol–water partition coefficient (Wildman–Crippen LogP) is 1.49. The van der Waals surface area contributed by atoms with Gasteiger partial charge in [0.2, 0.25) is 0 Å². The number of hydrogen-bond donors (Lipinski definition) is 3. The third kappa shape index (κ3) is 4.20. The number of benzene rings is 1. The van der Waals surface area contributed by atoms with Crippen molar-refractivity contribution in [2.24, 2.45) is 5.73 Å². The molecule has 4 N–H and O–H groups in total. The molecule has 1 unspecified atom stereocenters. The van der Waals surface area contributed by atoms with Gasteiger partial charge in [-0.15, -0.1) is 0 Å². The molecule has 1 aromatic rings. The van der Waals surface area contributed by atoms with E-state index in [2.05, 4.69) is 10.6 Å². The lowest BCUT2D eigenvalue weighted by Gasteiger charge is -2.12. The standard InChI is InChI=1S/C13H20N4O3/c1-3-10(14)8-16-11-6-5-9(13(18)15-4-2)7-12(11)17(19)20/h5-7,10,16H,3-4,8,14H2,1-2H3,(H,15,18). The molecular weight excluding hydrogens is 260 g/mol. The van der Waals surface area contributed by atoms with Crippen molar-refractivity contribution in [2.45, 2.75) is 26.3 Å². The highest BCUT2D eigenvalue weighted by atomic mass is 16.6. The Morgan fingerprint density at radius 1 is 1.45 bits per heavy atom. The SMILES string of the molecule is CCNC(=O)c1ccc(NCC(N)CC)c([N+](=O)[O-])c1. The molecular formula is C13H20N4O3. The minimum absolute atomic E-state index is 0.0716. The minimum atomic E-state index is -0.511. The lowest BCUT2D eigenvalue weighted by molar-refractivity contribution is -0.384. The third-order valence-corrected chi connectivity index (χ3v) is 2.87. The largest absolute Gasteiger partial charge is 0.378 e. The molecule has 1 atom stereocenters. The van der Waals surface area contributed by atoms with Crippen LogP contribution in [0.5, 0.6) is 0 Å². The van der Waals surface area contributed by atoms with Crippen molar-refractivity contribution in [1.29, 1.82) is 0 Å². The van der Waals surface area contributed by atoms with Gasteiger partial charge in [0.05, 0.1) is 4.92 Å². The van der Waals surface area contributed by atoms with E-state index >= 15 is 0 Å². The van der Waals surface area contributed by atoms with Gasteiger partial charge in [0, 0.05) is 30.8 Å². The summed E-state index contributed by atoms with van der Waals surface area (Å²) in [6.07, 6.45) is 0.776. The summed E-state index contributed by atoms with van der Waals surface area (Å²) in [5.41, 5.74) is 6.28. The van der Waals surface area contributed by atoms with Crippen LogP contribution in [0.25, 0.3) is 0 Å². The van der Waals surface area contributed by atoms with Crippen LogP contribution in [-0.4, -0.2) is 30.0 Å². The molecule has 0 aliphatic heterocycles. The predicted molar refractivity (Wildman–Crippen MR) is 77.9 cm³/mol. The molecule has 7 heteroatoms. The van der Waals surface area contributed by atoms with Crippen LogP contribution in [0.1, 0.15) is 30.6 Å². The molecule has 7 nitrogen and oxygen atoms in total. The van der Waals surface area contributed by atoms with Crippen LogP contribution in [0.4, 0.5) is 11.4 Å². The van der Waals surface area contributed by atoms with Gasteiger partial charge < -0.3 is 16.4 Å². The van der Waals surface area contributed by atoms with Crippen molar-refractivity contribution in [3.63, 3.8) is 0 Å². The van der Waals surface area contributed by atoms with Crippen molar-refractivity contribution in [3.05, 3.63) is 33.9 Å².